The molecule has 1 N–H and O–H groups in total. The van der Waals surface area contributed by atoms with Gasteiger partial charge in [-0.1, -0.05) is 187 Å². The van der Waals surface area contributed by atoms with Crippen molar-refractivity contribution in [3.05, 3.63) is 184 Å². The first-order chi connectivity index (χ1) is 45.8. The summed E-state index contributed by atoms with van der Waals surface area (Å²) in [6.45, 7) is 10.6. The van der Waals surface area contributed by atoms with Crippen LogP contribution in [0.1, 0.15) is 38.8 Å². The number of hydrogen-bond acceptors (Lipinski definition) is 10. The molecule has 0 radical (unpaired) electrons. The summed E-state index contributed by atoms with van der Waals surface area (Å²) in [6.07, 6.45) is 7.46. The lowest BCUT2D eigenvalue weighted by Crippen LogP contribution is -2.41. The Morgan fingerprint density at radius 3 is 1.21 bits per heavy atom. The summed E-state index contributed by atoms with van der Waals surface area (Å²) in [6, 6.07) is 29.1. The van der Waals surface area contributed by atoms with Crippen LogP contribution in [0.4, 0.5) is 11.4 Å². The molecular weight excluding hydrogens is 2160 g/mol. The van der Waals surface area contributed by atoms with Crippen molar-refractivity contribution < 1.29 is 36.2 Å². The van der Waals surface area contributed by atoms with Crippen LogP contribution in [0.5, 0.6) is 0 Å². The molecule has 22 unspecified atom stereocenters. The zero-order chi connectivity index (χ0) is 74.9. The van der Waals surface area contributed by atoms with E-state index in [-0.39, 0.29) is 126 Å². The number of likely N-dealkylation sites (N-methyl/N-ethyl adjacent to an activating group) is 1. The minimum Gasteiger partial charge on any atom is -0.373 e. The van der Waals surface area contributed by atoms with Gasteiger partial charge in [0.1, 0.15) is 0 Å². The molecule has 0 spiro atoms. The van der Waals surface area contributed by atoms with Crippen molar-refractivity contribution in [2.45, 2.75) is 62.8 Å². The van der Waals surface area contributed by atoms with E-state index in [1.165, 1.54) is 59.9 Å². The van der Waals surface area contributed by atoms with Gasteiger partial charge in [0, 0.05) is 25.2 Å². The molecule has 0 saturated carbocycles. The van der Waals surface area contributed by atoms with Crippen molar-refractivity contribution in [1.29, 1.82) is 0 Å². The SMILES string of the molecule is C/C(=C\COCc1ccccc1)[C@@H](NS(=O)(=O)c1ccccc1[N+](=O)[O-])[C@@H](C)/C=C/I.C/C(=C\COCc1ccccc1)[C@H]([C@@H](C)/C=C/I)N(C)S(=O)(=O)c1ccccc1[N+](=O)[O-].PP(P)P(P(P)P)P(P(P)P)P(P(P)P)P(P)P.PPP(P(P)P)P(P(P)P)P(P(P)P)P(P)P. The van der Waals surface area contributed by atoms with Crippen LogP contribution in [0.3, 0.4) is 0 Å². The average Bonchev–Trinajstić information content (AvgIpc) is 0.781. The third-order valence-electron chi connectivity index (χ3n) is 12.4. The number of rotatable bonds is 36. The van der Waals surface area contributed by atoms with E-state index in [0.29, 0.717) is 26.4 Å². The second kappa shape index (κ2) is 58.7. The highest BCUT2D eigenvalue weighted by Crippen LogP contribution is 3.28. The number of nitro benzene ring substituents is 2. The molecule has 4 rings (SSSR count). The minimum atomic E-state index is -4.13. The number of halogens is 2. The van der Waals surface area contributed by atoms with Crippen LogP contribution in [0.2, 0.25) is 0 Å². The molecule has 4 aromatic carbocycles. The summed E-state index contributed by atoms with van der Waals surface area (Å²) in [5.41, 5.74) is 2.75. The lowest BCUT2D eigenvalue weighted by atomic mass is 9.95. The van der Waals surface area contributed by atoms with E-state index in [2.05, 4.69) is 220 Å². The first-order valence-corrected chi connectivity index (χ1v) is 94.8. The fraction of sp³-hybridized carbons (Fsp3) is 0.289. The molecule has 98 heavy (non-hydrogen) atoms. The van der Waals surface area contributed by atoms with E-state index < -0.39 is 53.4 Å². The lowest BCUT2D eigenvalue weighted by molar-refractivity contribution is -0.388. The smallest absolute Gasteiger partial charge is 0.289 e. The summed E-state index contributed by atoms with van der Waals surface area (Å²) in [5.74, 6) is -0.348. The van der Waals surface area contributed by atoms with Gasteiger partial charge in [-0.25, -0.2) is 21.6 Å². The standard InChI is InChI=1S/C23H27IN2O5S.C22H25IN2O5S.H20P18.H19P17/c1-18(13-15-24)23(19(2)14-16-31-17-20-9-5-4-6-10-20)25(3)32(29,30)22-12-8-7-11-21(22)26(27)28;1-17(12-14-23)22(18(2)13-15-30-16-19-8-4-3-5-9-19)24-31(28,29)21-11-7-6-10-20(21)25(26)27;1-11(2)16(12(3)4)18(15(9)10)17(13(5)6)14(7)8;1-10-15(11(2)3)17(14(8)9)16(12(4)5)13(6)7/h4-15,18,23H,16-17H2,1-3H3;3-14,17,22,24H,15-16H2,1-2H3;1-10H2;10H,1-9H2/b15-13+,19-14+;14-12+,18-13+;;/t18-,23-;17-,22-;;/m00../s1. The Labute approximate surface area is 675 Å². The molecule has 0 saturated heterocycles. The van der Waals surface area contributed by atoms with Gasteiger partial charge in [0.05, 0.1) is 42.3 Å². The monoisotopic (exact) mass is 2250 g/mol. The number of nitro groups is 2. The van der Waals surface area contributed by atoms with Gasteiger partial charge in [-0.3, -0.25) is 20.2 Å². The summed E-state index contributed by atoms with van der Waals surface area (Å²) in [5, 5.41) is 22.7. The first-order valence-electron chi connectivity index (χ1n) is 27.3. The third kappa shape index (κ3) is 39.6. The lowest BCUT2D eigenvalue weighted by Gasteiger charge is -2.43. The molecule has 26 atom stereocenters. The van der Waals surface area contributed by atoms with E-state index in [4.69, 9.17) is 9.47 Å². The maximum Gasteiger partial charge on any atom is 0.289 e. The predicted octanol–water partition coefficient (Wildman–Crippen LogP) is 30.0. The van der Waals surface area contributed by atoms with Crippen LogP contribution < -0.4 is 4.72 Å². The summed E-state index contributed by atoms with van der Waals surface area (Å²) in [7, 11) is 53.4. The van der Waals surface area contributed by atoms with Crippen molar-refractivity contribution >= 4 is 359 Å². The van der Waals surface area contributed by atoms with Gasteiger partial charge in [0.15, 0.2) is 9.79 Å². The number of hydrogen-bond donors (Lipinski definition) is 1. The molecule has 0 fully saturated rings. The van der Waals surface area contributed by atoms with E-state index in [0.717, 1.165) is 30.2 Å². The molecule has 0 aromatic heterocycles. The maximum absolute atomic E-state index is 13.4. The van der Waals surface area contributed by atoms with Gasteiger partial charge in [-0.15, -0.1) is 170 Å². The maximum atomic E-state index is 13.4. The summed E-state index contributed by atoms with van der Waals surface area (Å²) >= 11 is 4.16. The Balaban J connectivity index is 0.000000680. The van der Waals surface area contributed by atoms with Gasteiger partial charge in [-0.05, 0) is 162 Å². The van der Waals surface area contributed by atoms with Gasteiger partial charge in [0.2, 0.25) is 20.0 Å². The van der Waals surface area contributed by atoms with Crippen LogP contribution in [-0.2, 0) is 42.7 Å². The number of para-hydroxylation sites is 2. The number of nitrogens with zero attached hydrogens (tertiary/aromatic N) is 3. The van der Waals surface area contributed by atoms with Gasteiger partial charge in [0.25, 0.3) is 11.4 Å². The van der Waals surface area contributed by atoms with Crippen molar-refractivity contribution in [1.82, 2.24) is 9.03 Å². The summed E-state index contributed by atoms with van der Waals surface area (Å²) in [4.78, 5) is 20.6. The van der Waals surface area contributed by atoms with Crippen LogP contribution in [0, 0.1) is 32.1 Å². The van der Waals surface area contributed by atoms with Crippen LogP contribution >= 0.6 is 328 Å². The van der Waals surface area contributed by atoms with Crippen LogP contribution in [0.15, 0.2) is 163 Å². The van der Waals surface area contributed by atoms with Crippen LogP contribution in [0.25, 0.3) is 0 Å². The van der Waals surface area contributed by atoms with Gasteiger partial charge in [-0.2, -0.15) is 4.31 Å². The van der Waals surface area contributed by atoms with E-state index in [1.54, 1.807) is 0 Å². The molecule has 0 aliphatic carbocycles. The highest BCUT2D eigenvalue weighted by Gasteiger charge is 2.41. The molecule has 0 amide bonds. The van der Waals surface area contributed by atoms with Crippen molar-refractivity contribution in [2.24, 2.45) is 11.8 Å². The second-order valence-electron chi connectivity index (χ2n) is 19.4. The fourth-order valence-electron chi connectivity index (χ4n) is 8.07. The first kappa shape index (κ1) is 107. The molecule has 0 heterocycles. The molecule has 0 bridgehead atoms. The Kier molecular flexibility index (Phi) is 64.1. The summed E-state index contributed by atoms with van der Waals surface area (Å²) < 4.78 is 71.6. The van der Waals surface area contributed by atoms with Crippen molar-refractivity contribution in [3.8, 4) is 0 Å². The second-order valence-corrected chi connectivity index (χ2v) is 159. The normalized spacial score (nSPS) is 14.9. The quantitative estimate of drug-likeness (QED) is 0.0115. The Hall–Kier alpha value is 10.9. The molecule has 14 nitrogen and oxygen atoms in total. The zero-order valence-electron chi connectivity index (χ0n) is 53.7. The Bertz CT molecular complexity index is 3310. The largest absolute Gasteiger partial charge is 0.373 e. The van der Waals surface area contributed by atoms with Gasteiger partial charge >= 0.3 is 0 Å². The van der Waals surface area contributed by atoms with Gasteiger partial charge < -0.3 is 9.47 Å². The van der Waals surface area contributed by atoms with E-state index >= 15 is 0 Å². The average molecular weight is 2250 g/mol. The highest BCUT2D eigenvalue weighted by molar-refractivity contribution is 14.1. The Morgan fingerprint density at radius 1 is 0.520 bits per heavy atom. The molecule has 552 valence electrons. The number of nitrogens with one attached hydrogen (secondary N) is 1. The highest BCUT2D eigenvalue weighted by atomic mass is 127. The fourth-order valence-corrected chi connectivity index (χ4v) is 411. The van der Waals surface area contributed by atoms with Crippen LogP contribution in [-0.4, -0.2) is 63.3 Å². The Morgan fingerprint density at radius 2 is 0.857 bits per heavy atom. The zero-order valence-corrected chi connectivity index (χ0v) is 96.0. The molecule has 0 aliphatic rings. The predicted molar refractivity (Wildman–Crippen MR) is 560 cm³/mol. The molecule has 53 heteroatoms. The topological polar surface area (TPSA) is 188 Å². The van der Waals surface area contributed by atoms with E-state index in [1.807, 2.05) is 121 Å². The van der Waals surface area contributed by atoms with Crippen molar-refractivity contribution in [2.75, 3.05) is 20.3 Å². The minimum absolute atomic E-state index is 0.0415. The van der Waals surface area contributed by atoms with Crippen molar-refractivity contribution in [3.63, 3.8) is 0 Å². The number of ether oxygens (including phenoxy) is 2. The molecule has 0 aliphatic heterocycles. The molecule has 4 aromatic rings. The van der Waals surface area contributed by atoms with E-state index in [9.17, 15) is 37.1 Å². The number of benzene rings is 4. The third-order valence-corrected chi connectivity index (χ3v) is 227. The number of sulfonamides is 2. The molecular formula is C45H91I2N4O10P35S2.